The van der Waals surface area contributed by atoms with Crippen molar-refractivity contribution in [2.24, 2.45) is 5.73 Å². The maximum atomic E-state index is 12.9. The van der Waals surface area contributed by atoms with Crippen molar-refractivity contribution in [3.63, 3.8) is 0 Å². The lowest BCUT2D eigenvalue weighted by molar-refractivity contribution is -0.137. The summed E-state index contributed by atoms with van der Waals surface area (Å²) in [5.41, 5.74) is 10.6. The molecule has 1 heterocycles. The fourth-order valence-corrected chi connectivity index (χ4v) is 3.88. The number of amides is 4. The maximum absolute atomic E-state index is 12.9. The van der Waals surface area contributed by atoms with Crippen molar-refractivity contribution in [3.05, 3.63) is 58.1 Å². The van der Waals surface area contributed by atoms with Crippen LogP contribution in [0, 0.1) is 0 Å². The van der Waals surface area contributed by atoms with E-state index in [9.17, 15) is 27.6 Å². The number of nitrogens with one attached hydrogen (secondary N) is 3. The fraction of sp³-hybridized carbons (Fsp3) is 0.318. The van der Waals surface area contributed by atoms with Crippen LogP contribution in [0.3, 0.4) is 0 Å². The molecule has 3 rings (SSSR count). The van der Waals surface area contributed by atoms with E-state index < -0.39 is 36.1 Å². The van der Waals surface area contributed by atoms with E-state index in [1.807, 2.05) is 6.07 Å². The first-order valence-corrected chi connectivity index (χ1v) is 10.9. The molecule has 0 radical (unpaired) electrons. The van der Waals surface area contributed by atoms with Gasteiger partial charge in [-0.15, -0.1) is 0 Å². The number of anilines is 2. The minimum atomic E-state index is -4.62. The Morgan fingerprint density at radius 1 is 1.14 bits per heavy atom. The van der Waals surface area contributed by atoms with Gasteiger partial charge in [0, 0.05) is 31.4 Å². The molecule has 1 atom stereocenters. The number of carbonyl (C=O) groups excluding carboxylic acids is 3. The average Bonchev–Trinajstić information content (AvgIpc) is 3.20. The van der Waals surface area contributed by atoms with Crippen molar-refractivity contribution in [1.82, 2.24) is 15.5 Å². The fourth-order valence-electron chi connectivity index (χ4n) is 3.72. The van der Waals surface area contributed by atoms with Gasteiger partial charge in [0.05, 0.1) is 28.4 Å². The summed E-state index contributed by atoms with van der Waals surface area (Å²) in [4.78, 5) is 37.7. The lowest BCUT2D eigenvalue weighted by Crippen LogP contribution is -2.43. The van der Waals surface area contributed by atoms with Crippen molar-refractivity contribution in [2.75, 3.05) is 30.7 Å². The zero-order chi connectivity index (χ0) is 25.8. The highest BCUT2D eigenvalue weighted by molar-refractivity contribution is 6.33. The van der Waals surface area contributed by atoms with Crippen LogP contribution in [0.1, 0.15) is 27.9 Å². The Kier molecular flexibility index (Phi) is 8.07. The monoisotopic (exact) mass is 512 g/mol. The molecule has 0 aromatic heterocycles. The van der Waals surface area contributed by atoms with Gasteiger partial charge in [-0.3, -0.25) is 14.5 Å². The number of rotatable bonds is 7. The molecule has 7 N–H and O–H groups in total. The summed E-state index contributed by atoms with van der Waals surface area (Å²) in [5, 5.41) is 7.91. The number of halogens is 4. The molecule has 0 unspecified atom stereocenters. The molecule has 2 aromatic carbocycles. The summed E-state index contributed by atoms with van der Waals surface area (Å²) >= 11 is 6.05. The summed E-state index contributed by atoms with van der Waals surface area (Å²) in [5.74, 6) is -1.35. The van der Waals surface area contributed by atoms with Gasteiger partial charge < -0.3 is 27.4 Å². The third kappa shape index (κ3) is 7.23. The highest BCUT2D eigenvalue weighted by atomic mass is 35.5. The topological polar surface area (TPSA) is 143 Å². The molecule has 13 heteroatoms. The van der Waals surface area contributed by atoms with Gasteiger partial charge in [-0.1, -0.05) is 17.7 Å². The van der Waals surface area contributed by atoms with Gasteiger partial charge in [0.1, 0.15) is 0 Å². The smallest absolute Gasteiger partial charge is 0.398 e. The van der Waals surface area contributed by atoms with Crippen LogP contribution in [0.25, 0.3) is 0 Å². The Labute approximate surface area is 204 Å². The van der Waals surface area contributed by atoms with Gasteiger partial charge in [-0.25, -0.2) is 4.79 Å². The Bertz CT molecular complexity index is 1130. The van der Waals surface area contributed by atoms with Crippen LogP contribution in [-0.2, 0) is 17.5 Å². The molecule has 188 valence electrons. The van der Waals surface area contributed by atoms with Crippen LogP contribution >= 0.6 is 11.6 Å². The van der Waals surface area contributed by atoms with Crippen molar-refractivity contribution < 1.29 is 27.6 Å². The molecule has 0 aliphatic carbocycles. The average molecular weight is 513 g/mol. The van der Waals surface area contributed by atoms with E-state index in [-0.39, 0.29) is 17.3 Å². The van der Waals surface area contributed by atoms with Gasteiger partial charge in [0.25, 0.3) is 5.91 Å². The van der Waals surface area contributed by atoms with E-state index in [1.54, 1.807) is 12.1 Å². The lowest BCUT2D eigenvalue weighted by Gasteiger charge is -2.18. The molecule has 1 aliphatic heterocycles. The van der Waals surface area contributed by atoms with E-state index >= 15 is 0 Å². The van der Waals surface area contributed by atoms with Crippen LogP contribution in [0.5, 0.6) is 0 Å². The molecule has 1 fully saturated rings. The standard InChI is InChI=1S/C22H24ClF3N6O3/c23-16-3-1-12(7-18(16)31-21(28)35)10-32-6-5-14(11-32)30-19(33)9-29-20(34)15-8-13(22(24,25)26)2-4-17(15)27/h1-4,7-8,14H,5-6,9-11,27H2,(H,29,34)(H,30,33)(H3,28,31,35)/t14-/m1/s1. The second-order valence-corrected chi connectivity index (χ2v) is 8.48. The van der Waals surface area contributed by atoms with E-state index in [2.05, 4.69) is 20.9 Å². The quantitative estimate of drug-likeness (QED) is 0.362. The van der Waals surface area contributed by atoms with E-state index in [1.165, 1.54) is 0 Å². The van der Waals surface area contributed by atoms with Crippen molar-refractivity contribution in [1.29, 1.82) is 0 Å². The number of alkyl halides is 3. The highest BCUT2D eigenvalue weighted by Gasteiger charge is 2.31. The molecular weight excluding hydrogens is 489 g/mol. The molecule has 9 nitrogen and oxygen atoms in total. The van der Waals surface area contributed by atoms with Crippen LogP contribution < -0.4 is 27.4 Å². The number of primary amides is 1. The first-order chi connectivity index (χ1) is 16.4. The predicted molar refractivity (Wildman–Crippen MR) is 125 cm³/mol. The Morgan fingerprint density at radius 2 is 1.89 bits per heavy atom. The van der Waals surface area contributed by atoms with Crippen molar-refractivity contribution >= 4 is 40.8 Å². The molecule has 4 amide bonds. The van der Waals surface area contributed by atoms with E-state index in [4.69, 9.17) is 23.1 Å². The molecule has 0 bridgehead atoms. The van der Waals surface area contributed by atoms with E-state index in [0.717, 1.165) is 17.7 Å². The van der Waals surface area contributed by atoms with Crippen molar-refractivity contribution in [3.8, 4) is 0 Å². The largest absolute Gasteiger partial charge is 0.416 e. The molecule has 2 aromatic rings. The zero-order valence-electron chi connectivity index (χ0n) is 18.4. The van der Waals surface area contributed by atoms with Gasteiger partial charge in [-0.2, -0.15) is 13.2 Å². The van der Waals surface area contributed by atoms with E-state index in [0.29, 0.717) is 42.8 Å². The van der Waals surface area contributed by atoms with Crippen molar-refractivity contribution in [2.45, 2.75) is 25.2 Å². The van der Waals surface area contributed by atoms with Crippen LogP contribution in [0.15, 0.2) is 36.4 Å². The third-order valence-corrected chi connectivity index (χ3v) is 5.70. The van der Waals surface area contributed by atoms with Gasteiger partial charge in [-0.05, 0) is 42.3 Å². The zero-order valence-corrected chi connectivity index (χ0v) is 19.2. The molecule has 1 aliphatic rings. The molecule has 0 saturated carbocycles. The minimum absolute atomic E-state index is 0.126. The Hall–Kier alpha value is -3.51. The van der Waals surface area contributed by atoms with Crippen LogP contribution in [-0.4, -0.2) is 48.4 Å². The lowest BCUT2D eigenvalue weighted by atomic mass is 10.1. The number of benzene rings is 2. The number of nitrogen functional groups attached to an aromatic ring is 1. The number of nitrogens with two attached hydrogens (primary N) is 2. The number of carbonyl (C=O) groups is 3. The molecule has 35 heavy (non-hydrogen) atoms. The van der Waals surface area contributed by atoms with Crippen LogP contribution in [0.2, 0.25) is 5.02 Å². The van der Waals surface area contributed by atoms with Gasteiger partial charge in [0.15, 0.2) is 0 Å². The molecular formula is C22H24ClF3N6O3. The first kappa shape index (κ1) is 26.1. The predicted octanol–water partition coefficient (Wildman–Crippen LogP) is 2.55. The van der Waals surface area contributed by atoms with Crippen LogP contribution in [0.4, 0.5) is 29.3 Å². The molecule has 1 saturated heterocycles. The summed E-state index contributed by atoms with van der Waals surface area (Å²) in [6.45, 7) is 1.37. The normalized spacial score (nSPS) is 16.1. The number of hydrogen-bond acceptors (Lipinski definition) is 5. The van der Waals surface area contributed by atoms with Gasteiger partial charge in [0.2, 0.25) is 5.91 Å². The first-order valence-electron chi connectivity index (χ1n) is 10.5. The second kappa shape index (κ2) is 10.8. The number of likely N-dealkylation sites (tertiary alicyclic amines) is 1. The summed E-state index contributed by atoms with van der Waals surface area (Å²) in [7, 11) is 0. The van der Waals surface area contributed by atoms with Gasteiger partial charge >= 0.3 is 12.2 Å². The second-order valence-electron chi connectivity index (χ2n) is 8.07. The summed E-state index contributed by atoms with van der Waals surface area (Å²) in [6.07, 6.45) is -3.96. The Balaban J connectivity index is 1.49. The Morgan fingerprint density at radius 3 is 2.57 bits per heavy atom. The summed E-state index contributed by atoms with van der Waals surface area (Å²) < 4.78 is 38.7. The highest BCUT2D eigenvalue weighted by Crippen LogP contribution is 2.31. The SMILES string of the molecule is NC(=O)Nc1cc(CN2CC[C@@H](NC(=O)CNC(=O)c3cc(C(F)(F)F)ccc3N)C2)ccc1Cl. The minimum Gasteiger partial charge on any atom is -0.398 e. The maximum Gasteiger partial charge on any atom is 0.416 e. The summed E-state index contributed by atoms with van der Waals surface area (Å²) in [6, 6.07) is 6.71. The number of urea groups is 1. The number of nitrogens with zero attached hydrogens (tertiary/aromatic N) is 1. The molecule has 0 spiro atoms. The third-order valence-electron chi connectivity index (χ3n) is 5.37. The number of hydrogen-bond donors (Lipinski definition) is 5.